The van der Waals surface area contributed by atoms with E-state index in [1.807, 2.05) is 12.5 Å². The van der Waals surface area contributed by atoms with Gasteiger partial charge < -0.3 is 9.88 Å². The molecule has 4 nitrogen and oxygen atoms in total. The molecular weight excluding hydrogens is 224 g/mol. The van der Waals surface area contributed by atoms with Crippen molar-refractivity contribution >= 4 is 0 Å². The van der Waals surface area contributed by atoms with Crippen LogP contribution in [0.2, 0.25) is 0 Å². The van der Waals surface area contributed by atoms with E-state index in [1.54, 1.807) is 0 Å². The second-order valence-electron chi connectivity index (χ2n) is 5.58. The summed E-state index contributed by atoms with van der Waals surface area (Å²) in [4.78, 5) is 6.87. The predicted octanol–water partition coefficient (Wildman–Crippen LogP) is 1.79. The van der Waals surface area contributed by atoms with Crippen LogP contribution in [0.15, 0.2) is 12.5 Å². The Bertz CT molecular complexity index is 383. The first-order chi connectivity index (χ1) is 8.88. The SMILES string of the molecule is CCN1CCCC1CNCc1cncn1C1CC1. The summed E-state index contributed by atoms with van der Waals surface area (Å²) >= 11 is 0. The molecule has 3 rings (SSSR count). The Morgan fingerprint density at radius 2 is 2.28 bits per heavy atom. The Labute approximate surface area is 109 Å². The normalized spacial score (nSPS) is 24.8. The lowest BCUT2D eigenvalue weighted by Gasteiger charge is -2.23. The fourth-order valence-corrected chi connectivity index (χ4v) is 3.06. The summed E-state index contributed by atoms with van der Waals surface area (Å²) in [6.07, 6.45) is 9.37. The molecule has 1 N–H and O–H groups in total. The van der Waals surface area contributed by atoms with Gasteiger partial charge in [0.1, 0.15) is 0 Å². The zero-order valence-electron chi connectivity index (χ0n) is 11.3. The molecule has 1 saturated carbocycles. The van der Waals surface area contributed by atoms with E-state index in [2.05, 4.69) is 26.7 Å². The van der Waals surface area contributed by atoms with Gasteiger partial charge >= 0.3 is 0 Å². The van der Waals surface area contributed by atoms with Crippen molar-refractivity contribution in [1.82, 2.24) is 19.8 Å². The fraction of sp³-hybridized carbons (Fsp3) is 0.786. The zero-order chi connectivity index (χ0) is 12.4. The molecule has 0 amide bonds. The van der Waals surface area contributed by atoms with E-state index >= 15 is 0 Å². The number of likely N-dealkylation sites (tertiary alicyclic amines) is 1. The summed E-state index contributed by atoms with van der Waals surface area (Å²) in [7, 11) is 0. The minimum Gasteiger partial charge on any atom is -0.330 e. The van der Waals surface area contributed by atoms with Crippen molar-refractivity contribution in [2.75, 3.05) is 19.6 Å². The third-order valence-corrected chi connectivity index (χ3v) is 4.28. The van der Waals surface area contributed by atoms with Gasteiger partial charge in [-0.15, -0.1) is 0 Å². The first-order valence-electron chi connectivity index (χ1n) is 7.34. The molecule has 1 aliphatic heterocycles. The lowest BCUT2D eigenvalue weighted by atomic mass is 10.2. The van der Waals surface area contributed by atoms with Crippen LogP contribution in [-0.2, 0) is 6.54 Å². The molecule has 0 aromatic carbocycles. The average Bonchev–Trinajstić information content (AvgIpc) is 2.96. The van der Waals surface area contributed by atoms with E-state index < -0.39 is 0 Å². The molecule has 2 aliphatic rings. The van der Waals surface area contributed by atoms with E-state index in [4.69, 9.17) is 0 Å². The van der Waals surface area contributed by atoms with Crippen molar-refractivity contribution in [3.05, 3.63) is 18.2 Å². The van der Waals surface area contributed by atoms with Crippen LogP contribution in [0.4, 0.5) is 0 Å². The Balaban J connectivity index is 1.47. The molecule has 2 heterocycles. The van der Waals surface area contributed by atoms with Gasteiger partial charge in [0, 0.05) is 31.4 Å². The highest BCUT2D eigenvalue weighted by atomic mass is 15.2. The maximum absolute atomic E-state index is 4.28. The summed E-state index contributed by atoms with van der Waals surface area (Å²) in [5, 5.41) is 3.61. The monoisotopic (exact) mass is 248 g/mol. The van der Waals surface area contributed by atoms with E-state index in [-0.39, 0.29) is 0 Å². The molecule has 1 aromatic heterocycles. The van der Waals surface area contributed by atoms with Crippen LogP contribution >= 0.6 is 0 Å². The molecule has 1 unspecified atom stereocenters. The number of nitrogens with zero attached hydrogens (tertiary/aromatic N) is 3. The van der Waals surface area contributed by atoms with Crippen LogP contribution < -0.4 is 5.32 Å². The van der Waals surface area contributed by atoms with E-state index in [0.717, 1.165) is 25.2 Å². The first-order valence-corrected chi connectivity index (χ1v) is 7.34. The van der Waals surface area contributed by atoms with Gasteiger partial charge in [0.15, 0.2) is 0 Å². The molecule has 18 heavy (non-hydrogen) atoms. The molecular formula is C14H24N4. The Morgan fingerprint density at radius 3 is 3.06 bits per heavy atom. The van der Waals surface area contributed by atoms with Crippen LogP contribution in [0.5, 0.6) is 0 Å². The number of hydrogen-bond acceptors (Lipinski definition) is 3. The summed E-state index contributed by atoms with van der Waals surface area (Å²) in [5.41, 5.74) is 1.35. The third-order valence-electron chi connectivity index (χ3n) is 4.28. The number of likely N-dealkylation sites (N-methyl/N-ethyl adjacent to an activating group) is 1. The number of aromatic nitrogens is 2. The molecule has 1 aliphatic carbocycles. The average molecular weight is 248 g/mol. The Kier molecular flexibility index (Phi) is 3.66. The molecule has 0 spiro atoms. The van der Waals surface area contributed by atoms with Gasteiger partial charge in [-0.05, 0) is 38.8 Å². The van der Waals surface area contributed by atoms with Gasteiger partial charge in [0.2, 0.25) is 0 Å². The lowest BCUT2D eigenvalue weighted by Crippen LogP contribution is -2.37. The second kappa shape index (κ2) is 5.41. The minimum atomic E-state index is 0.739. The van der Waals surface area contributed by atoms with Crippen molar-refractivity contribution in [2.45, 2.75) is 51.2 Å². The molecule has 100 valence electrons. The predicted molar refractivity (Wildman–Crippen MR) is 72.5 cm³/mol. The molecule has 4 heteroatoms. The van der Waals surface area contributed by atoms with Gasteiger partial charge in [0.25, 0.3) is 0 Å². The summed E-state index contributed by atoms with van der Waals surface area (Å²) < 4.78 is 2.35. The zero-order valence-corrected chi connectivity index (χ0v) is 11.3. The second-order valence-corrected chi connectivity index (χ2v) is 5.58. The van der Waals surface area contributed by atoms with Crippen molar-refractivity contribution in [3.63, 3.8) is 0 Å². The van der Waals surface area contributed by atoms with Gasteiger partial charge in [-0.25, -0.2) is 4.98 Å². The highest BCUT2D eigenvalue weighted by Gasteiger charge is 2.25. The maximum Gasteiger partial charge on any atom is 0.0951 e. The van der Waals surface area contributed by atoms with Crippen LogP contribution in [0.1, 0.15) is 44.3 Å². The largest absolute Gasteiger partial charge is 0.330 e. The Morgan fingerprint density at radius 1 is 1.39 bits per heavy atom. The molecule has 1 aromatic rings. The van der Waals surface area contributed by atoms with Crippen molar-refractivity contribution in [2.24, 2.45) is 0 Å². The van der Waals surface area contributed by atoms with E-state index in [1.165, 1.54) is 44.5 Å². The van der Waals surface area contributed by atoms with E-state index in [9.17, 15) is 0 Å². The lowest BCUT2D eigenvalue weighted by molar-refractivity contribution is 0.259. The van der Waals surface area contributed by atoms with Gasteiger partial charge in [-0.3, -0.25) is 4.90 Å². The summed E-state index contributed by atoms with van der Waals surface area (Å²) in [6.45, 7) is 6.81. The van der Waals surface area contributed by atoms with Gasteiger partial charge in [-0.2, -0.15) is 0 Å². The first kappa shape index (κ1) is 12.2. The standard InChI is InChI=1S/C14H24N4/c1-2-17-7-3-4-13(17)8-15-9-14-10-16-11-18(14)12-5-6-12/h10-13,15H,2-9H2,1H3. The molecule has 0 bridgehead atoms. The number of rotatable bonds is 6. The molecule has 1 atom stereocenters. The number of nitrogens with one attached hydrogen (secondary N) is 1. The third kappa shape index (κ3) is 2.59. The van der Waals surface area contributed by atoms with Crippen LogP contribution in [0, 0.1) is 0 Å². The number of hydrogen-bond donors (Lipinski definition) is 1. The summed E-state index contributed by atoms with van der Waals surface area (Å²) in [5.74, 6) is 0. The Hall–Kier alpha value is -0.870. The molecule has 1 saturated heterocycles. The van der Waals surface area contributed by atoms with Crippen LogP contribution in [0.3, 0.4) is 0 Å². The van der Waals surface area contributed by atoms with Crippen molar-refractivity contribution < 1.29 is 0 Å². The van der Waals surface area contributed by atoms with Gasteiger partial charge in [0.05, 0.1) is 12.0 Å². The smallest absolute Gasteiger partial charge is 0.0951 e. The van der Waals surface area contributed by atoms with Crippen LogP contribution in [-0.4, -0.2) is 40.1 Å². The number of imidazole rings is 1. The molecule has 0 radical (unpaired) electrons. The maximum atomic E-state index is 4.28. The van der Waals surface area contributed by atoms with Gasteiger partial charge in [-0.1, -0.05) is 6.92 Å². The van der Waals surface area contributed by atoms with E-state index in [0.29, 0.717) is 0 Å². The van der Waals surface area contributed by atoms with Crippen molar-refractivity contribution in [1.29, 1.82) is 0 Å². The molecule has 2 fully saturated rings. The highest BCUT2D eigenvalue weighted by Crippen LogP contribution is 2.35. The van der Waals surface area contributed by atoms with Crippen molar-refractivity contribution in [3.8, 4) is 0 Å². The minimum absolute atomic E-state index is 0.739. The quantitative estimate of drug-likeness (QED) is 0.833. The topological polar surface area (TPSA) is 33.1 Å². The fourth-order valence-electron chi connectivity index (χ4n) is 3.06. The van der Waals surface area contributed by atoms with Crippen LogP contribution in [0.25, 0.3) is 0 Å². The highest BCUT2D eigenvalue weighted by molar-refractivity contribution is 5.03. The summed E-state index contributed by atoms with van der Waals surface area (Å²) in [6, 6.07) is 1.48.